The quantitative estimate of drug-likeness (QED) is 0.550. The minimum Gasteiger partial charge on any atom is -0.323 e. The van der Waals surface area contributed by atoms with E-state index in [1.165, 1.54) is 12.1 Å². The molecule has 1 amide bonds. The minimum absolute atomic E-state index is 0.0245. The van der Waals surface area contributed by atoms with Gasteiger partial charge in [-0.1, -0.05) is 35.5 Å². The second-order valence-electron chi connectivity index (χ2n) is 4.85. The number of anilines is 1. The van der Waals surface area contributed by atoms with E-state index in [1.807, 2.05) is 0 Å². The Morgan fingerprint density at radius 1 is 1.29 bits per heavy atom. The molecule has 0 aliphatic heterocycles. The minimum atomic E-state index is -0.613. The molecule has 8 heteroatoms. The van der Waals surface area contributed by atoms with Crippen LogP contribution in [0.4, 0.5) is 10.1 Å². The number of aromatic nitrogens is 2. The molecule has 0 atom stereocenters. The SMILES string of the molecule is O=C(CSc1nc2ccccc2c(=O)[nH]1)Nc1ccc(Cl)cc1F. The molecule has 0 bridgehead atoms. The van der Waals surface area contributed by atoms with Crippen molar-refractivity contribution < 1.29 is 9.18 Å². The molecule has 0 radical (unpaired) electrons. The first-order chi connectivity index (χ1) is 11.5. The molecule has 1 aromatic heterocycles. The van der Waals surface area contributed by atoms with Crippen LogP contribution >= 0.6 is 23.4 Å². The van der Waals surface area contributed by atoms with E-state index in [2.05, 4.69) is 15.3 Å². The summed E-state index contributed by atoms with van der Waals surface area (Å²) in [5, 5.41) is 3.50. The first kappa shape index (κ1) is 16.5. The maximum absolute atomic E-state index is 13.6. The van der Waals surface area contributed by atoms with Crippen molar-refractivity contribution in [3.8, 4) is 0 Å². The number of thioether (sulfide) groups is 1. The highest BCUT2D eigenvalue weighted by Gasteiger charge is 2.10. The van der Waals surface area contributed by atoms with Crippen molar-refractivity contribution in [3.63, 3.8) is 0 Å². The lowest BCUT2D eigenvalue weighted by Gasteiger charge is -2.06. The van der Waals surface area contributed by atoms with Crippen LogP contribution in [0.15, 0.2) is 52.4 Å². The summed E-state index contributed by atoms with van der Waals surface area (Å²) < 4.78 is 13.6. The van der Waals surface area contributed by atoms with E-state index in [1.54, 1.807) is 24.3 Å². The predicted octanol–water partition coefficient (Wildman–Crippen LogP) is 3.45. The largest absolute Gasteiger partial charge is 0.323 e. The van der Waals surface area contributed by atoms with Crippen molar-refractivity contribution in [2.45, 2.75) is 5.16 Å². The Balaban J connectivity index is 1.69. The van der Waals surface area contributed by atoms with Gasteiger partial charge in [-0.15, -0.1) is 0 Å². The monoisotopic (exact) mass is 363 g/mol. The van der Waals surface area contributed by atoms with Crippen molar-refractivity contribution in [2.24, 2.45) is 0 Å². The van der Waals surface area contributed by atoms with Gasteiger partial charge in [0.1, 0.15) is 5.82 Å². The van der Waals surface area contributed by atoms with Crippen molar-refractivity contribution in [1.29, 1.82) is 0 Å². The lowest BCUT2D eigenvalue weighted by molar-refractivity contribution is -0.113. The van der Waals surface area contributed by atoms with E-state index in [4.69, 9.17) is 11.6 Å². The van der Waals surface area contributed by atoms with E-state index in [-0.39, 0.29) is 22.0 Å². The topological polar surface area (TPSA) is 74.8 Å². The zero-order valence-electron chi connectivity index (χ0n) is 12.2. The first-order valence-corrected chi connectivity index (χ1v) is 8.26. The van der Waals surface area contributed by atoms with Gasteiger partial charge in [-0.05, 0) is 30.3 Å². The molecule has 2 N–H and O–H groups in total. The molecule has 5 nitrogen and oxygen atoms in total. The number of H-pyrrole nitrogens is 1. The third-order valence-electron chi connectivity index (χ3n) is 3.14. The van der Waals surface area contributed by atoms with Crippen LogP contribution < -0.4 is 10.9 Å². The maximum atomic E-state index is 13.6. The number of carbonyl (C=O) groups excluding carboxylic acids is 1. The number of nitrogens with zero attached hydrogens (tertiary/aromatic N) is 1. The molecule has 0 unspecified atom stereocenters. The fourth-order valence-corrected chi connectivity index (χ4v) is 2.87. The zero-order chi connectivity index (χ0) is 17.1. The number of hydrogen-bond acceptors (Lipinski definition) is 4. The molecular weight excluding hydrogens is 353 g/mol. The highest BCUT2D eigenvalue weighted by atomic mass is 35.5. The predicted molar refractivity (Wildman–Crippen MR) is 93.1 cm³/mol. The second kappa shape index (κ2) is 7.02. The summed E-state index contributed by atoms with van der Waals surface area (Å²) in [4.78, 5) is 30.8. The molecule has 0 saturated carbocycles. The molecule has 3 rings (SSSR count). The van der Waals surface area contributed by atoms with Crippen LogP contribution in [-0.2, 0) is 4.79 Å². The smallest absolute Gasteiger partial charge is 0.259 e. The van der Waals surface area contributed by atoms with Crippen molar-refractivity contribution >= 4 is 45.9 Å². The lowest BCUT2D eigenvalue weighted by Crippen LogP contribution is -2.16. The van der Waals surface area contributed by atoms with Crippen molar-refractivity contribution in [3.05, 3.63) is 63.7 Å². The highest BCUT2D eigenvalue weighted by Crippen LogP contribution is 2.20. The van der Waals surface area contributed by atoms with Crippen LogP contribution in [0.25, 0.3) is 10.9 Å². The van der Waals surface area contributed by atoms with E-state index < -0.39 is 11.7 Å². The number of fused-ring (bicyclic) bond motifs is 1. The van der Waals surface area contributed by atoms with Gasteiger partial charge in [0.15, 0.2) is 5.16 Å². The number of rotatable bonds is 4. The molecule has 0 saturated heterocycles. The van der Waals surface area contributed by atoms with Gasteiger partial charge in [-0.3, -0.25) is 9.59 Å². The summed E-state index contributed by atoms with van der Waals surface area (Å²) in [5.74, 6) is -1.06. The van der Waals surface area contributed by atoms with Gasteiger partial charge in [0.2, 0.25) is 5.91 Å². The van der Waals surface area contributed by atoms with Gasteiger partial charge < -0.3 is 10.3 Å². The standard InChI is InChI=1S/C16H11ClFN3O2S/c17-9-5-6-13(11(18)7-9)19-14(22)8-24-16-20-12-4-2-1-3-10(12)15(23)21-16/h1-7H,8H2,(H,19,22)(H,20,21,23). The van der Waals surface area contributed by atoms with Crippen molar-refractivity contribution in [2.75, 3.05) is 11.1 Å². The van der Waals surface area contributed by atoms with Crippen LogP contribution in [0.5, 0.6) is 0 Å². The van der Waals surface area contributed by atoms with Crippen LogP contribution in [0.1, 0.15) is 0 Å². The summed E-state index contributed by atoms with van der Waals surface area (Å²) >= 11 is 6.72. The average molecular weight is 364 g/mol. The Bertz CT molecular complexity index is 977. The first-order valence-electron chi connectivity index (χ1n) is 6.90. The molecule has 2 aromatic carbocycles. The Morgan fingerprint density at radius 2 is 2.08 bits per heavy atom. The molecular formula is C16H11ClFN3O2S. The summed E-state index contributed by atoms with van der Waals surface area (Å²) in [6.07, 6.45) is 0. The number of nitrogens with one attached hydrogen (secondary N) is 2. The fraction of sp³-hybridized carbons (Fsp3) is 0.0625. The van der Waals surface area contributed by atoms with E-state index in [0.29, 0.717) is 16.1 Å². The summed E-state index contributed by atoms with van der Waals surface area (Å²) in [5.41, 5.74) is 0.324. The average Bonchev–Trinajstić information content (AvgIpc) is 2.56. The molecule has 122 valence electrons. The highest BCUT2D eigenvalue weighted by molar-refractivity contribution is 7.99. The third-order valence-corrected chi connectivity index (χ3v) is 4.24. The van der Waals surface area contributed by atoms with Crippen LogP contribution in [0.3, 0.4) is 0 Å². The Kier molecular flexibility index (Phi) is 4.82. The Hall–Kier alpha value is -2.38. The number of hydrogen-bond donors (Lipinski definition) is 2. The number of amides is 1. The van der Waals surface area contributed by atoms with Gasteiger partial charge in [-0.2, -0.15) is 0 Å². The van der Waals surface area contributed by atoms with E-state index >= 15 is 0 Å². The van der Waals surface area contributed by atoms with Crippen molar-refractivity contribution in [1.82, 2.24) is 9.97 Å². The lowest BCUT2D eigenvalue weighted by atomic mass is 10.2. The van der Waals surface area contributed by atoms with E-state index in [0.717, 1.165) is 17.8 Å². The van der Waals surface area contributed by atoms with Gasteiger partial charge >= 0.3 is 0 Å². The van der Waals surface area contributed by atoms with Crippen LogP contribution in [0, 0.1) is 5.82 Å². The number of aromatic amines is 1. The summed E-state index contributed by atoms with van der Waals surface area (Å²) in [6.45, 7) is 0. The van der Waals surface area contributed by atoms with E-state index in [9.17, 15) is 14.0 Å². The second-order valence-corrected chi connectivity index (χ2v) is 6.25. The Morgan fingerprint density at radius 3 is 2.88 bits per heavy atom. The Labute approximate surface area is 145 Å². The molecule has 0 spiro atoms. The number of carbonyl (C=O) groups is 1. The normalized spacial score (nSPS) is 10.8. The zero-order valence-corrected chi connectivity index (χ0v) is 13.7. The number of para-hydroxylation sites is 1. The van der Waals surface area contributed by atoms with Gasteiger partial charge in [-0.25, -0.2) is 9.37 Å². The number of benzene rings is 2. The molecule has 24 heavy (non-hydrogen) atoms. The van der Waals surface area contributed by atoms with Crippen LogP contribution in [-0.4, -0.2) is 21.6 Å². The van der Waals surface area contributed by atoms with Gasteiger partial charge in [0.25, 0.3) is 5.56 Å². The van der Waals surface area contributed by atoms with Gasteiger partial charge in [0, 0.05) is 5.02 Å². The summed E-state index contributed by atoms with van der Waals surface area (Å²) in [7, 11) is 0. The van der Waals surface area contributed by atoms with Gasteiger partial charge in [0.05, 0.1) is 22.3 Å². The molecule has 1 heterocycles. The molecule has 0 aliphatic carbocycles. The maximum Gasteiger partial charge on any atom is 0.259 e. The van der Waals surface area contributed by atoms with Crippen LogP contribution in [0.2, 0.25) is 5.02 Å². The fourth-order valence-electron chi connectivity index (χ4n) is 2.04. The summed E-state index contributed by atoms with van der Waals surface area (Å²) in [6, 6.07) is 10.9. The molecule has 3 aromatic rings. The number of halogens is 2. The third kappa shape index (κ3) is 3.74. The molecule has 0 aliphatic rings. The molecule has 0 fully saturated rings.